The zero-order valence-corrected chi connectivity index (χ0v) is 14.3. The number of hydrogen-bond donors (Lipinski definition) is 0. The van der Waals surface area contributed by atoms with Gasteiger partial charge in [-0.3, -0.25) is 4.79 Å². The monoisotopic (exact) mass is 386 g/mol. The Bertz CT molecular complexity index is 783. The van der Waals surface area contributed by atoms with Gasteiger partial charge in [-0.2, -0.15) is 0 Å². The highest BCUT2D eigenvalue weighted by Crippen LogP contribution is 2.23. The number of sulfone groups is 1. The van der Waals surface area contributed by atoms with Crippen LogP contribution in [0, 0.1) is 6.92 Å². The van der Waals surface area contributed by atoms with E-state index in [4.69, 9.17) is 11.6 Å². The molecule has 0 heterocycles. The van der Waals surface area contributed by atoms with Gasteiger partial charge in [0.1, 0.15) is 0 Å². The average molecular weight is 388 g/mol. The van der Waals surface area contributed by atoms with Crippen LogP contribution in [-0.4, -0.2) is 13.7 Å². The molecular formula is C15H12BrClO3S. The van der Waals surface area contributed by atoms with E-state index in [-0.39, 0.29) is 10.6 Å². The van der Waals surface area contributed by atoms with Crippen LogP contribution in [0.2, 0.25) is 0 Å². The minimum atomic E-state index is -3.47. The number of rotatable bonds is 4. The molecule has 0 aromatic heterocycles. The van der Waals surface area contributed by atoms with Gasteiger partial charge >= 0.3 is 0 Å². The van der Waals surface area contributed by atoms with Crippen molar-refractivity contribution in [3.63, 3.8) is 0 Å². The Hall–Kier alpha value is -1.17. The minimum Gasteiger partial charge on any atom is -0.276 e. The Morgan fingerprint density at radius 2 is 1.76 bits per heavy atom. The van der Waals surface area contributed by atoms with E-state index in [2.05, 4.69) is 15.9 Å². The van der Waals surface area contributed by atoms with Crippen LogP contribution in [0.4, 0.5) is 0 Å². The molecule has 21 heavy (non-hydrogen) atoms. The van der Waals surface area contributed by atoms with Gasteiger partial charge in [-0.15, -0.1) is 0 Å². The highest BCUT2D eigenvalue weighted by molar-refractivity contribution is 9.10. The van der Waals surface area contributed by atoms with Gasteiger partial charge in [0.2, 0.25) is 0 Å². The van der Waals surface area contributed by atoms with E-state index in [0.29, 0.717) is 16.7 Å². The Morgan fingerprint density at radius 1 is 1.14 bits per heavy atom. The molecule has 110 valence electrons. The fourth-order valence-electron chi connectivity index (χ4n) is 1.98. The van der Waals surface area contributed by atoms with E-state index in [1.807, 2.05) is 0 Å². The summed E-state index contributed by atoms with van der Waals surface area (Å²) < 4.78 is 25.6. The van der Waals surface area contributed by atoms with Crippen molar-refractivity contribution in [2.45, 2.75) is 17.6 Å². The molecule has 0 aliphatic heterocycles. The minimum absolute atomic E-state index is 0.168. The molecule has 2 rings (SSSR count). The molecule has 0 unspecified atom stereocenters. The van der Waals surface area contributed by atoms with E-state index in [0.717, 1.165) is 4.47 Å². The molecule has 3 nitrogen and oxygen atoms in total. The SMILES string of the molecule is Cc1c(CS(=O)(=O)c2ccc(Br)cc2)cccc1C(=O)Cl. The van der Waals surface area contributed by atoms with Gasteiger partial charge in [0, 0.05) is 10.0 Å². The molecular weight excluding hydrogens is 376 g/mol. The number of carbonyl (C=O) groups is 1. The summed E-state index contributed by atoms with van der Waals surface area (Å²) >= 11 is 8.76. The van der Waals surface area contributed by atoms with Gasteiger partial charge < -0.3 is 0 Å². The Kier molecular flexibility index (Phi) is 4.86. The quantitative estimate of drug-likeness (QED) is 0.742. The van der Waals surface area contributed by atoms with Crippen molar-refractivity contribution in [1.29, 1.82) is 0 Å². The normalized spacial score (nSPS) is 11.4. The lowest BCUT2D eigenvalue weighted by molar-refractivity contribution is 0.108. The molecule has 0 amide bonds. The van der Waals surface area contributed by atoms with Crippen LogP contribution in [0.5, 0.6) is 0 Å². The first-order chi connectivity index (χ1) is 9.81. The molecule has 0 saturated heterocycles. The molecule has 2 aromatic rings. The average Bonchev–Trinajstić information content (AvgIpc) is 2.41. The van der Waals surface area contributed by atoms with Crippen molar-refractivity contribution in [3.05, 3.63) is 63.6 Å². The molecule has 2 aromatic carbocycles. The van der Waals surface area contributed by atoms with Crippen LogP contribution in [0.3, 0.4) is 0 Å². The predicted octanol–water partition coefficient (Wildman–Crippen LogP) is 4.11. The summed E-state index contributed by atoms with van der Waals surface area (Å²) in [6.45, 7) is 1.70. The molecule has 0 fully saturated rings. The fraction of sp³-hybridized carbons (Fsp3) is 0.133. The second-order valence-electron chi connectivity index (χ2n) is 4.58. The van der Waals surface area contributed by atoms with E-state index >= 15 is 0 Å². The first-order valence-electron chi connectivity index (χ1n) is 6.08. The molecule has 6 heteroatoms. The van der Waals surface area contributed by atoms with Gasteiger partial charge in [-0.05, 0) is 60.0 Å². The van der Waals surface area contributed by atoms with Crippen LogP contribution >= 0.6 is 27.5 Å². The largest absolute Gasteiger partial charge is 0.276 e. The highest BCUT2D eigenvalue weighted by atomic mass is 79.9. The molecule has 0 spiro atoms. The van der Waals surface area contributed by atoms with Gasteiger partial charge in [0.25, 0.3) is 5.24 Å². The van der Waals surface area contributed by atoms with Crippen molar-refractivity contribution < 1.29 is 13.2 Å². The van der Waals surface area contributed by atoms with Gasteiger partial charge in [-0.1, -0.05) is 28.1 Å². The third kappa shape index (κ3) is 3.73. The first-order valence-corrected chi connectivity index (χ1v) is 8.90. The van der Waals surface area contributed by atoms with Crippen molar-refractivity contribution in [3.8, 4) is 0 Å². The zero-order chi connectivity index (χ0) is 15.6. The molecule has 0 N–H and O–H groups in total. The summed E-state index contributed by atoms with van der Waals surface area (Å²) in [5, 5.41) is -0.588. The van der Waals surface area contributed by atoms with Crippen molar-refractivity contribution in [2.75, 3.05) is 0 Å². The number of carbonyl (C=O) groups excluding carboxylic acids is 1. The molecule has 0 saturated carbocycles. The zero-order valence-electron chi connectivity index (χ0n) is 11.1. The lowest BCUT2D eigenvalue weighted by atomic mass is 10.0. The summed E-state index contributed by atoms with van der Waals surface area (Å²) in [6, 6.07) is 11.4. The molecule has 0 radical (unpaired) electrons. The maximum atomic E-state index is 12.4. The van der Waals surface area contributed by atoms with Crippen molar-refractivity contribution in [1.82, 2.24) is 0 Å². The summed E-state index contributed by atoms with van der Waals surface area (Å²) in [5.74, 6) is -0.168. The van der Waals surface area contributed by atoms with Crippen molar-refractivity contribution in [2.24, 2.45) is 0 Å². The highest BCUT2D eigenvalue weighted by Gasteiger charge is 2.18. The van der Waals surface area contributed by atoms with Crippen LogP contribution in [-0.2, 0) is 15.6 Å². The lowest BCUT2D eigenvalue weighted by Gasteiger charge is -2.10. The fourth-order valence-corrected chi connectivity index (χ4v) is 3.89. The van der Waals surface area contributed by atoms with Crippen LogP contribution in [0.25, 0.3) is 0 Å². The first kappa shape index (κ1) is 16.2. The van der Waals surface area contributed by atoms with Crippen LogP contribution < -0.4 is 0 Å². The van der Waals surface area contributed by atoms with Crippen LogP contribution in [0.15, 0.2) is 51.8 Å². The van der Waals surface area contributed by atoms with E-state index in [9.17, 15) is 13.2 Å². The van der Waals surface area contributed by atoms with E-state index < -0.39 is 15.1 Å². The molecule has 0 aliphatic rings. The second-order valence-corrected chi connectivity index (χ2v) is 7.82. The van der Waals surface area contributed by atoms with Gasteiger partial charge in [-0.25, -0.2) is 8.42 Å². The molecule has 0 atom stereocenters. The number of halogens is 2. The Morgan fingerprint density at radius 3 is 2.33 bits per heavy atom. The molecule has 0 aliphatic carbocycles. The summed E-state index contributed by atoms with van der Waals surface area (Å²) in [5.41, 5.74) is 1.50. The second kappa shape index (κ2) is 6.30. The number of hydrogen-bond acceptors (Lipinski definition) is 3. The third-order valence-corrected chi connectivity index (χ3v) is 5.59. The van der Waals surface area contributed by atoms with Gasteiger partial charge in [0.05, 0.1) is 10.6 Å². The standard InChI is InChI=1S/C15H12BrClO3S/c1-10-11(3-2-4-14(10)15(17)18)9-21(19,20)13-7-5-12(16)6-8-13/h2-8H,9H2,1H3. The predicted molar refractivity (Wildman–Crippen MR) is 86.4 cm³/mol. The van der Waals surface area contributed by atoms with Crippen LogP contribution in [0.1, 0.15) is 21.5 Å². The van der Waals surface area contributed by atoms with E-state index in [1.54, 1.807) is 49.4 Å². The summed E-state index contributed by atoms with van der Waals surface area (Å²) in [7, 11) is -3.47. The molecule has 0 bridgehead atoms. The summed E-state index contributed by atoms with van der Waals surface area (Å²) in [4.78, 5) is 11.5. The smallest absolute Gasteiger partial charge is 0.252 e. The van der Waals surface area contributed by atoms with Gasteiger partial charge in [0.15, 0.2) is 9.84 Å². The summed E-state index contributed by atoms with van der Waals surface area (Å²) in [6.07, 6.45) is 0. The lowest BCUT2D eigenvalue weighted by Crippen LogP contribution is -2.08. The third-order valence-electron chi connectivity index (χ3n) is 3.18. The topological polar surface area (TPSA) is 51.2 Å². The Labute approximate surface area is 137 Å². The van der Waals surface area contributed by atoms with E-state index in [1.165, 1.54) is 0 Å². The Balaban J connectivity index is 2.39. The van der Waals surface area contributed by atoms with Crippen molar-refractivity contribution >= 4 is 42.6 Å². The maximum Gasteiger partial charge on any atom is 0.252 e. The maximum absolute atomic E-state index is 12.4. The number of benzene rings is 2.